The van der Waals surface area contributed by atoms with Gasteiger partial charge in [-0.15, -0.1) is 0 Å². The lowest BCUT2D eigenvalue weighted by Gasteiger charge is -2.12. The zero-order valence-electron chi connectivity index (χ0n) is 8.75. The quantitative estimate of drug-likeness (QED) is 0.598. The topological polar surface area (TPSA) is 49.3 Å². The maximum Gasteiger partial charge on any atom is 0.0779 e. The molecule has 2 N–H and O–H groups in total. The summed E-state index contributed by atoms with van der Waals surface area (Å²) in [7, 11) is -0.897. The van der Waals surface area contributed by atoms with Crippen molar-refractivity contribution in [1.29, 1.82) is 0 Å². The predicted octanol–water partition coefficient (Wildman–Crippen LogP) is 0.504. The van der Waals surface area contributed by atoms with Crippen LogP contribution in [0.4, 0.5) is 0 Å². The highest BCUT2D eigenvalue weighted by molar-refractivity contribution is 7.85. The number of hydrogen-bond acceptors (Lipinski definition) is 3. The van der Waals surface area contributed by atoms with Crippen LogP contribution >= 0.6 is 0 Å². The van der Waals surface area contributed by atoms with Crippen molar-refractivity contribution in [2.24, 2.45) is 0 Å². The van der Waals surface area contributed by atoms with Gasteiger partial charge in [0, 0.05) is 22.6 Å². The summed E-state index contributed by atoms with van der Waals surface area (Å²) in [6.07, 6.45) is 0.578. The molecule has 0 aromatic carbocycles. The molecule has 0 saturated heterocycles. The van der Waals surface area contributed by atoms with E-state index in [1.807, 2.05) is 13.8 Å². The van der Waals surface area contributed by atoms with Gasteiger partial charge in [-0.25, -0.2) is 0 Å². The van der Waals surface area contributed by atoms with Crippen molar-refractivity contribution in [2.75, 3.05) is 18.8 Å². The Morgan fingerprint density at radius 3 is 2.54 bits per heavy atom. The van der Waals surface area contributed by atoms with Crippen LogP contribution in [0.25, 0.3) is 0 Å². The monoisotopic (exact) mass is 207 g/mol. The smallest absolute Gasteiger partial charge is 0.0779 e. The largest absolute Gasteiger partial charge is 0.391 e. The van der Waals surface area contributed by atoms with Gasteiger partial charge in [-0.05, 0) is 13.0 Å². The molecule has 3 nitrogen and oxygen atoms in total. The molecule has 2 unspecified atom stereocenters. The fourth-order valence-corrected chi connectivity index (χ4v) is 1.77. The van der Waals surface area contributed by atoms with Crippen LogP contribution in [0.15, 0.2) is 0 Å². The van der Waals surface area contributed by atoms with Gasteiger partial charge < -0.3 is 10.4 Å². The van der Waals surface area contributed by atoms with Gasteiger partial charge in [-0.1, -0.05) is 20.8 Å². The van der Waals surface area contributed by atoms with Gasteiger partial charge in [0.1, 0.15) is 0 Å². The fourth-order valence-electron chi connectivity index (χ4n) is 0.886. The number of rotatable bonds is 7. The van der Waals surface area contributed by atoms with Gasteiger partial charge in [-0.2, -0.15) is 0 Å². The molecule has 0 radical (unpaired) electrons. The Hall–Kier alpha value is 0.0700. The summed E-state index contributed by atoms with van der Waals surface area (Å²) in [5, 5.41) is 12.7. The van der Waals surface area contributed by atoms with Crippen molar-refractivity contribution in [1.82, 2.24) is 5.32 Å². The summed E-state index contributed by atoms with van der Waals surface area (Å²) in [4.78, 5) is 0. The van der Waals surface area contributed by atoms with Gasteiger partial charge in [0.25, 0.3) is 0 Å². The van der Waals surface area contributed by atoms with E-state index in [1.165, 1.54) is 0 Å². The van der Waals surface area contributed by atoms with Crippen molar-refractivity contribution in [3.63, 3.8) is 0 Å². The molecular weight excluding hydrogens is 186 g/mol. The van der Waals surface area contributed by atoms with Crippen LogP contribution in [-0.4, -0.2) is 39.5 Å². The third-order valence-corrected chi connectivity index (χ3v) is 3.45. The number of nitrogens with one attached hydrogen (secondary N) is 1. The Labute approximate surface area is 83.4 Å². The lowest BCUT2D eigenvalue weighted by Crippen LogP contribution is -2.32. The fraction of sp³-hybridized carbons (Fsp3) is 1.00. The highest BCUT2D eigenvalue weighted by atomic mass is 32.2. The first kappa shape index (κ1) is 13.1. The maximum absolute atomic E-state index is 11.3. The predicted molar refractivity (Wildman–Crippen MR) is 57.3 cm³/mol. The molecule has 0 aromatic rings. The summed E-state index contributed by atoms with van der Waals surface area (Å²) in [5.41, 5.74) is 0. The molecule has 0 bridgehead atoms. The lowest BCUT2D eigenvalue weighted by atomic mass is 10.4. The van der Waals surface area contributed by atoms with E-state index >= 15 is 0 Å². The molecular formula is C9H21NO2S. The molecule has 0 aliphatic rings. The van der Waals surface area contributed by atoms with Crippen LogP contribution in [-0.2, 0) is 10.8 Å². The highest BCUT2D eigenvalue weighted by Crippen LogP contribution is 1.96. The van der Waals surface area contributed by atoms with Crippen LogP contribution in [0.1, 0.15) is 27.2 Å². The minimum atomic E-state index is -0.897. The summed E-state index contributed by atoms with van der Waals surface area (Å²) in [6.45, 7) is 7.34. The molecule has 0 aliphatic heterocycles. The van der Waals surface area contributed by atoms with E-state index in [-0.39, 0.29) is 5.25 Å². The number of aliphatic hydroxyl groups is 1. The van der Waals surface area contributed by atoms with E-state index < -0.39 is 16.9 Å². The van der Waals surface area contributed by atoms with E-state index in [1.54, 1.807) is 0 Å². The van der Waals surface area contributed by atoms with Crippen molar-refractivity contribution < 1.29 is 9.32 Å². The van der Waals surface area contributed by atoms with Crippen LogP contribution in [0.5, 0.6) is 0 Å². The van der Waals surface area contributed by atoms with Crippen molar-refractivity contribution in [3.8, 4) is 0 Å². The Balaban J connectivity index is 3.50. The lowest BCUT2D eigenvalue weighted by molar-refractivity contribution is 0.195. The molecule has 0 saturated carbocycles. The van der Waals surface area contributed by atoms with Crippen molar-refractivity contribution in [3.05, 3.63) is 0 Å². The molecule has 13 heavy (non-hydrogen) atoms. The minimum Gasteiger partial charge on any atom is -0.391 e. The average molecular weight is 207 g/mol. The highest BCUT2D eigenvalue weighted by Gasteiger charge is 2.11. The standard InChI is InChI=1S/C9H21NO2S/c1-4-5-10-6-9(11)7-13(12)8(2)3/h8-11H,4-7H2,1-3H3. The molecule has 0 spiro atoms. The van der Waals surface area contributed by atoms with Crippen LogP contribution < -0.4 is 5.32 Å². The molecule has 0 aromatic heterocycles. The Kier molecular flexibility index (Phi) is 7.51. The van der Waals surface area contributed by atoms with Gasteiger partial charge in [0.05, 0.1) is 11.9 Å². The van der Waals surface area contributed by atoms with Crippen LogP contribution in [0.3, 0.4) is 0 Å². The van der Waals surface area contributed by atoms with Gasteiger partial charge in [-0.3, -0.25) is 4.21 Å². The van der Waals surface area contributed by atoms with E-state index in [2.05, 4.69) is 12.2 Å². The molecule has 0 aliphatic carbocycles. The molecule has 0 heterocycles. The van der Waals surface area contributed by atoms with Crippen LogP contribution in [0.2, 0.25) is 0 Å². The number of hydrogen-bond donors (Lipinski definition) is 2. The summed E-state index contributed by atoms with van der Waals surface area (Å²) >= 11 is 0. The van der Waals surface area contributed by atoms with E-state index in [0.29, 0.717) is 12.3 Å². The minimum absolute atomic E-state index is 0.140. The second kappa shape index (κ2) is 7.47. The normalized spacial score (nSPS) is 16.1. The second-order valence-corrected chi connectivity index (χ2v) is 5.49. The summed E-state index contributed by atoms with van der Waals surface area (Å²) in [6, 6.07) is 0. The summed E-state index contributed by atoms with van der Waals surface area (Å²) in [5.74, 6) is 0.383. The first-order valence-corrected chi connectivity index (χ1v) is 6.22. The molecule has 2 atom stereocenters. The van der Waals surface area contributed by atoms with E-state index in [0.717, 1.165) is 13.0 Å². The molecule has 4 heteroatoms. The molecule has 0 amide bonds. The average Bonchev–Trinajstić information content (AvgIpc) is 2.04. The second-order valence-electron chi connectivity index (χ2n) is 3.45. The van der Waals surface area contributed by atoms with Gasteiger partial charge in [0.15, 0.2) is 0 Å². The zero-order chi connectivity index (χ0) is 10.3. The zero-order valence-corrected chi connectivity index (χ0v) is 9.56. The third kappa shape index (κ3) is 7.16. The first-order chi connectivity index (χ1) is 6.07. The molecule has 0 rings (SSSR count). The van der Waals surface area contributed by atoms with Crippen molar-refractivity contribution >= 4 is 10.8 Å². The Bertz CT molecular complexity index is 151. The van der Waals surface area contributed by atoms with Gasteiger partial charge in [0.2, 0.25) is 0 Å². The van der Waals surface area contributed by atoms with Gasteiger partial charge >= 0.3 is 0 Å². The molecule has 0 fully saturated rings. The Morgan fingerprint density at radius 1 is 1.46 bits per heavy atom. The third-order valence-electron chi connectivity index (χ3n) is 1.69. The number of aliphatic hydroxyl groups excluding tert-OH is 1. The van der Waals surface area contributed by atoms with E-state index in [9.17, 15) is 9.32 Å². The Morgan fingerprint density at radius 2 is 2.08 bits per heavy atom. The SMILES string of the molecule is CCCNCC(O)CS(=O)C(C)C. The van der Waals surface area contributed by atoms with E-state index in [4.69, 9.17) is 0 Å². The molecule has 80 valence electrons. The van der Waals surface area contributed by atoms with Crippen LogP contribution in [0, 0.1) is 0 Å². The first-order valence-electron chi connectivity index (χ1n) is 4.83. The van der Waals surface area contributed by atoms with Crippen molar-refractivity contribution in [2.45, 2.75) is 38.5 Å². The summed E-state index contributed by atoms with van der Waals surface area (Å²) < 4.78 is 11.3. The maximum atomic E-state index is 11.3.